The van der Waals surface area contributed by atoms with Crippen LogP contribution in [0.5, 0.6) is 5.75 Å². The molecular formula is C10H9BrN4O2. The summed E-state index contributed by atoms with van der Waals surface area (Å²) in [5, 5.41) is 16.0. The predicted molar refractivity (Wildman–Crippen MR) is 64.8 cm³/mol. The van der Waals surface area contributed by atoms with Gasteiger partial charge in [-0.15, -0.1) is 0 Å². The number of aromatic nitrogens is 3. The smallest absolute Gasteiger partial charge is 0.261 e. The SMILES string of the molecule is Cn1ncnc1NC(=O)c1ccc(Br)cc1O. The molecule has 0 spiro atoms. The van der Waals surface area contributed by atoms with Crippen molar-refractivity contribution in [2.24, 2.45) is 7.05 Å². The van der Waals surface area contributed by atoms with Gasteiger partial charge in [0, 0.05) is 11.5 Å². The number of hydrogen-bond donors (Lipinski definition) is 2. The van der Waals surface area contributed by atoms with Gasteiger partial charge in [0.2, 0.25) is 5.95 Å². The van der Waals surface area contributed by atoms with Crippen LogP contribution in [0.25, 0.3) is 0 Å². The highest BCUT2D eigenvalue weighted by atomic mass is 79.9. The van der Waals surface area contributed by atoms with E-state index in [1.54, 1.807) is 13.1 Å². The molecule has 2 rings (SSSR count). The van der Waals surface area contributed by atoms with Crippen molar-refractivity contribution in [1.82, 2.24) is 14.8 Å². The normalized spacial score (nSPS) is 10.2. The third-order valence-corrected chi connectivity index (χ3v) is 2.63. The first-order valence-corrected chi connectivity index (χ1v) is 5.51. The van der Waals surface area contributed by atoms with Crippen molar-refractivity contribution in [1.29, 1.82) is 0 Å². The molecule has 1 aromatic carbocycles. The molecule has 1 aromatic heterocycles. The highest BCUT2D eigenvalue weighted by molar-refractivity contribution is 9.10. The van der Waals surface area contributed by atoms with Gasteiger partial charge in [-0.1, -0.05) is 15.9 Å². The quantitative estimate of drug-likeness (QED) is 0.881. The monoisotopic (exact) mass is 296 g/mol. The molecule has 1 heterocycles. The first kappa shape index (κ1) is 11.6. The average Bonchev–Trinajstić information content (AvgIpc) is 2.64. The topological polar surface area (TPSA) is 80.0 Å². The molecule has 7 heteroatoms. The van der Waals surface area contributed by atoms with Crippen LogP contribution in [0, 0.1) is 0 Å². The van der Waals surface area contributed by atoms with Crippen LogP contribution < -0.4 is 5.32 Å². The Kier molecular flexibility index (Phi) is 3.10. The zero-order chi connectivity index (χ0) is 12.4. The van der Waals surface area contributed by atoms with Gasteiger partial charge in [0.25, 0.3) is 5.91 Å². The number of aromatic hydroxyl groups is 1. The summed E-state index contributed by atoms with van der Waals surface area (Å²) in [6.45, 7) is 0. The molecule has 1 amide bonds. The Morgan fingerprint density at radius 3 is 2.88 bits per heavy atom. The van der Waals surface area contributed by atoms with Crippen LogP contribution in [-0.2, 0) is 7.05 Å². The number of phenolic OH excluding ortho intramolecular Hbond substituents is 1. The van der Waals surface area contributed by atoms with Crippen molar-refractivity contribution in [3.05, 3.63) is 34.6 Å². The molecule has 2 aromatic rings. The molecule has 0 unspecified atom stereocenters. The zero-order valence-corrected chi connectivity index (χ0v) is 10.5. The van der Waals surface area contributed by atoms with Gasteiger partial charge in [0.15, 0.2) is 0 Å². The predicted octanol–water partition coefficient (Wildman–Crippen LogP) is 1.54. The van der Waals surface area contributed by atoms with E-state index >= 15 is 0 Å². The molecule has 0 atom stereocenters. The molecule has 0 saturated carbocycles. The highest BCUT2D eigenvalue weighted by Crippen LogP contribution is 2.22. The average molecular weight is 297 g/mol. The van der Waals surface area contributed by atoms with Crippen molar-refractivity contribution in [2.75, 3.05) is 5.32 Å². The number of halogens is 1. The van der Waals surface area contributed by atoms with Crippen LogP contribution in [-0.4, -0.2) is 25.8 Å². The lowest BCUT2D eigenvalue weighted by Gasteiger charge is -2.05. The van der Waals surface area contributed by atoms with Gasteiger partial charge in [0.05, 0.1) is 5.56 Å². The van der Waals surface area contributed by atoms with Gasteiger partial charge in [-0.3, -0.25) is 10.1 Å². The standard InChI is InChI=1S/C10H9BrN4O2/c1-15-10(12-5-13-15)14-9(17)7-3-2-6(11)4-8(7)16/h2-5,16H,1H3,(H,12,13,14,17). The Labute approximate surface area is 105 Å². The summed E-state index contributed by atoms with van der Waals surface area (Å²) >= 11 is 3.20. The number of rotatable bonds is 2. The molecule has 0 bridgehead atoms. The summed E-state index contributed by atoms with van der Waals surface area (Å²) in [6, 6.07) is 4.64. The molecule has 0 saturated heterocycles. The summed E-state index contributed by atoms with van der Waals surface area (Å²) in [5.41, 5.74) is 0.177. The number of aryl methyl sites for hydroxylation is 1. The second kappa shape index (κ2) is 4.54. The van der Waals surface area contributed by atoms with Gasteiger partial charge >= 0.3 is 0 Å². The Balaban J connectivity index is 2.23. The Bertz CT molecular complexity index is 567. The van der Waals surface area contributed by atoms with E-state index in [4.69, 9.17) is 0 Å². The number of amides is 1. The van der Waals surface area contributed by atoms with E-state index in [-0.39, 0.29) is 11.3 Å². The third-order valence-electron chi connectivity index (χ3n) is 2.14. The van der Waals surface area contributed by atoms with E-state index in [2.05, 4.69) is 31.3 Å². The Morgan fingerprint density at radius 2 is 2.29 bits per heavy atom. The lowest BCUT2D eigenvalue weighted by atomic mass is 10.2. The molecule has 0 aliphatic heterocycles. The number of carbonyl (C=O) groups excluding carboxylic acids is 1. The molecule has 88 valence electrons. The Morgan fingerprint density at radius 1 is 1.53 bits per heavy atom. The second-order valence-corrected chi connectivity index (χ2v) is 4.24. The number of phenols is 1. The Hall–Kier alpha value is -1.89. The third kappa shape index (κ3) is 2.44. The van der Waals surface area contributed by atoms with Crippen LogP contribution in [0.15, 0.2) is 29.0 Å². The molecule has 2 N–H and O–H groups in total. The lowest BCUT2D eigenvalue weighted by Crippen LogP contribution is -2.15. The minimum atomic E-state index is -0.439. The fraction of sp³-hybridized carbons (Fsp3) is 0.100. The van der Waals surface area contributed by atoms with Gasteiger partial charge in [0.1, 0.15) is 12.1 Å². The van der Waals surface area contributed by atoms with Crippen LogP contribution in [0.1, 0.15) is 10.4 Å². The summed E-state index contributed by atoms with van der Waals surface area (Å²) in [7, 11) is 1.66. The molecule has 0 fully saturated rings. The number of anilines is 1. The molecule has 6 nitrogen and oxygen atoms in total. The van der Waals surface area contributed by atoms with Crippen LogP contribution in [0.3, 0.4) is 0 Å². The summed E-state index contributed by atoms with van der Waals surface area (Å²) < 4.78 is 2.12. The van der Waals surface area contributed by atoms with E-state index in [9.17, 15) is 9.90 Å². The first-order chi connectivity index (χ1) is 8.08. The number of nitrogens with zero attached hydrogens (tertiary/aromatic N) is 3. The molecule has 0 aliphatic rings. The maximum atomic E-state index is 11.8. The fourth-order valence-electron chi connectivity index (χ4n) is 1.28. The number of hydrogen-bond acceptors (Lipinski definition) is 4. The van der Waals surface area contributed by atoms with E-state index in [0.29, 0.717) is 10.4 Å². The van der Waals surface area contributed by atoms with Crippen LogP contribution in [0.2, 0.25) is 0 Å². The van der Waals surface area contributed by atoms with E-state index in [1.165, 1.54) is 23.1 Å². The summed E-state index contributed by atoms with van der Waals surface area (Å²) in [4.78, 5) is 15.7. The summed E-state index contributed by atoms with van der Waals surface area (Å²) in [6.07, 6.45) is 1.33. The second-order valence-electron chi connectivity index (χ2n) is 3.32. The van der Waals surface area contributed by atoms with Gasteiger partial charge < -0.3 is 5.11 Å². The molecule has 0 radical (unpaired) electrons. The van der Waals surface area contributed by atoms with Crippen molar-refractivity contribution >= 4 is 27.8 Å². The van der Waals surface area contributed by atoms with Crippen LogP contribution in [0.4, 0.5) is 5.95 Å². The minimum Gasteiger partial charge on any atom is -0.507 e. The maximum Gasteiger partial charge on any atom is 0.261 e. The van der Waals surface area contributed by atoms with E-state index < -0.39 is 5.91 Å². The zero-order valence-electron chi connectivity index (χ0n) is 8.88. The number of benzene rings is 1. The van der Waals surface area contributed by atoms with Crippen LogP contribution >= 0.6 is 15.9 Å². The largest absolute Gasteiger partial charge is 0.507 e. The highest BCUT2D eigenvalue weighted by Gasteiger charge is 2.13. The van der Waals surface area contributed by atoms with Gasteiger partial charge in [-0.05, 0) is 18.2 Å². The van der Waals surface area contributed by atoms with E-state index in [0.717, 1.165) is 0 Å². The maximum absolute atomic E-state index is 11.8. The fourth-order valence-corrected chi connectivity index (χ4v) is 1.62. The van der Waals surface area contributed by atoms with Gasteiger partial charge in [-0.25, -0.2) is 4.68 Å². The van der Waals surface area contributed by atoms with Crippen molar-refractivity contribution in [3.63, 3.8) is 0 Å². The minimum absolute atomic E-state index is 0.0981. The summed E-state index contributed by atoms with van der Waals surface area (Å²) in [5.74, 6) is -0.220. The lowest BCUT2D eigenvalue weighted by molar-refractivity contribution is 0.102. The first-order valence-electron chi connectivity index (χ1n) is 4.72. The van der Waals surface area contributed by atoms with Crippen molar-refractivity contribution in [2.45, 2.75) is 0 Å². The molecular weight excluding hydrogens is 288 g/mol. The van der Waals surface area contributed by atoms with Gasteiger partial charge in [-0.2, -0.15) is 10.1 Å². The number of nitrogens with one attached hydrogen (secondary N) is 1. The molecule has 17 heavy (non-hydrogen) atoms. The van der Waals surface area contributed by atoms with E-state index in [1.807, 2.05) is 0 Å². The van der Waals surface area contributed by atoms with Crippen molar-refractivity contribution in [3.8, 4) is 5.75 Å². The van der Waals surface area contributed by atoms with Crippen molar-refractivity contribution < 1.29 is 9.90 Å². The molecule has 0 aliphatic carbocycles. The number of carbonyl (C=O) groups is 1.